The second-order valence-corrected chi connectivity index (χ2v) is 5.85. The molecular weight excluding hydrogens is 326 g/mol. The van der Waals surface area contributed by atoms with E-state index in [2.05, 4.69) is 5.32 Å². The molecule has 1 N–H and O–H groups in total. The molecule has 0 radical (unpaired) electrons. The maximum atomic E-state index is 12.5. The molecule has 5 nitrogen and oxygen atoms in total. The SMILES string of the molecule is CN(CC(=O)N1CCNCC1)C(=O)c1ccc2ccccc2c1.Cl. The molecule has 0 bridgehead atoms. The van der Waals surface area contributed by atoms with Gasteiger partial charge in [0.15, 0.2) is 0 Å². The molecule has 0 aromatic heterocycles. The molecule has 24 heavy (non-hydrogen) atoms. The van der Waals surface area contributed by atoms with Crippen molar-refractivity contribution >= 4 is 35.0 Å². The molecule has 2 aromatic rings. The number of hydrogen-bond donors (Lipinski definition) is 1. The van der Waals surface area contributed by atoms with Crippen LogP contribution in [0.5, 0.6) is 0 Å². The zero-order chi connectivity index (χ0) is 16.2. The van der Waals surface area contributed by atoms with E-state index in [4.69, 9.17) is 0 Å². The van der Waals surface area contributed by atoms with Gasteiger partial charge in [-0.3, -0.25) is 9.59 Å². The number of likely N-dealkylation sites (N-methyl/N-ethyl adjacent to an activating group) is 1. The number of hydrogen-bond acceptors (Lipinski definition) is 3. The first-order chi connectivity index (χ1) is 11.1. The van der Waals surface area contributed by atoms with Crippen LogP contribution in [0.2, 0.25) is 0 Å². The Morgan fingerprint density at radius 3 is 2.46 bits per heavy atom. The molecule has 0 spiro atoms. The Kier molecular flexibility index (Phi) is 6.17. The van der Waals surface area contributed by atoms with E-state index in [1.54, 1.807) is 11.9 Å². The maximum Gasteiger partial charge on any atom is 0.254 e. The average molecular weight is 348 g/mol. The van der Waals surface area contributed by atoms with Crippen molar-refractivity contribution in [1.29, 1.82) is 0 Å². The van der Waals surface area contributed by atoms with Gasteiger partial charge in [-0.25, -0.2) is 0 Å². The number of rotatable bonds is 3. The summed E-state index contributed by atoms with van der Waals surface area (Å²) in [5.74, 6) is -0.123. The molecule has 0 atom stereocenters. The monoisotopic (exact) mass is 347 g/mol. The highest BCUT2D eigenvalue weighted by molar-refractivity contribution is 5.99. The van der Waals surface area contributed by atoms with Crippen LogP contribution in [-0.4, -0.2) is 61.4 Å². The van der Waals surface area contributed by atoms with E-state index in [-0.39, 0.29) is 30.8 Å². The molecule has 2 aromatic carbocycles. The Hall–Kier alpha value is -2.11. The van der Waals surface area contributed by atoms with Gasteiger partial charge in [0.25, 0.3) is 5.91 Å². The highest BCUT2D eigenvalue weighted by atomic mass is 35.5. The van der Waals surface area contributed by atoms with Gasteiger partial charge in [0.2, 0.25) is 5.91 Å². The number of piperazine rings is 1. The van der Waals surface area contributed by atoms with Crippen molar-refractivity contribution in [2.75, 3.05) is 39.8 Å². The molecule has 1 aliphatic rings. The third-order valence-electron chi connectivity index (χ3n) is 4.19. The van der Waals surface area contributed by atoms with Gasteiger partial charge in [0.05, 0.1) is 6.54 Å². The van der Waals surface area contributed by atoms with Gasteiger partial charge in [-0.1, -0.05) is 30.3 Å². The number of nitrogens with one attached hydrogen (secondary N) is 1. The van der Waals surface area contributed by atoms with E-state index in [1.807, 2.05) is 42.5 Å². The van der Waals surface area contributed by atoms with E-state index in [0.29, 0.717) is 18.7 Å². The van der Waals surface area contributed by atoms with Crippen molar-refractivity contribution in [3.63, 3.8) is 0 Å². The number of fused-ring (bicyclic) bond motifs is 1. The Morgan fingerprint density at radius 1 is 1.08 bits per heavy atom. The number of nitrogens with zero attached hydrogens (tertiary/aromatic N) is 2. The van der Waals surface area contributed by atoms with Crippen LogP contribution in [0.25, 0.3) is 10.8 Å². The molecule has 0 aliphatic carbocycles. The van der Waals surface area contributed by atoms with Gasteiger partial charge in [-0.15, -0.1) is 12.4 Å². The summed E-state index contributed by atoms with van der Waals surface area (Å²) in [4.78, 5) is 28.1. The minimum atomic E-state index is -0.126. The zero-order valence-electron chi connectivity index (χ0n) is 13.7. The summed E-state index contributed by atoms with van der Waals surface area (Å²) in [6, 6.07) is 13.6. The van der Waals surface area contributed by atoms with Gasteiger partial charge in [-0.2, -0.15) is 0 Å². The third kappa shape index (κ3) is 4.04. The van der Waals surface area contributed by atoms with Crippen LogP contribution >= 0.6 is 12.4 Å². The van der Waals surface area contributed by atoms with Gasteiger partial charge in [0, 0.05) is 38.8 Å². The molecule has 1 heterocycles. The van der Waals surface area contributed by atoms with E-state index >= 15 is 0 Å². The Bertz CT molecular complexity index is 729. The van der Waals surface area contributed by atoms with Crippen LogP contribution < -0.4 is 5.32 Å². The molecule has 0 unspecified atom stereocenters. The Morgan fingerprint density at radius 2 is 1.75 bits per heavy atom. The summed E-state index contributed by atoms with van der Waals surface area (Å²) in [6.07, 6.45) is 0. The Labute approximate surface area is 148 Å². The van der Waals surface area contributed by atoms with Crippen LogP contribution in [0.15, 0.2) is 42.5 Å². The fourth-order valence-corrected chi connectivity index (χ4v) is 2.83. The fourth-order valence-electron chi connectivity index (χ4n) is 2.83. The lowest BCUT2D eigenvalue weighted by atomic mass is 10.1. The van der Waals surface area contributed by atoms with Crippen LogP contribution in [0, 0.1) is 0 Å². The summed E-state index contributed by atoms with van der Waals surface area (Å²) in [6.45, 7) is 3.15. The number of carbonyl (C=O) groups excluding carboxylic acids is 2. The number of amides is 2. The van der Waals surface area contributed by atoms with Gasteiger partial charge in [-0.05, 0) is 22.9 Å². The average Bonchev–Trinajstić information content (AvgIpc) is 2.61. The summed E-state index contributed by atoms with van der Waals surface area (Å²) in [5, 5.41) is 5.34. The number of benzene rings is 2. The third-order valence-corrected chi connectivity index (χ3v) is 4.19. The summed E-state index contributed by atoms with van der Waals surface area (Å²) >= 11 is 0. The van der Waals surface area contributed by atoms with Crippen LogP contribution in [0.3, 0.4) is 0 Å². The number of carbonyl (C=O) groups is 2. The summed E-state index contributed by atoms with van der Waals surface area (Å²) < 4.78 is 0. The van der Waals surface area contributed by atoms with Crippen LogP contribution in [0.1, 0.15) is 10.4 Å². The van der Waals surface area contributed by atoms with Gasteiger partial charge >= 0.3 is 0 Å². The lowest BCUT2D eigenvalue weighted by Gasteiger charge is -2.29. The molecule has 1 saturated heterocycles. The van der Waals surface area contributed by atoms with Gasteiger partial charge < -0.3 is 15.1 Å². The van der Waals surface area contributed by atoms with Crippen molar-refractivity contribution in [1.82, 2.24) is 15.1 Å². The summed E-state index contributed by atoms with van der Waals surface area (Å²) in [7, 11) is 1.68. The summed E-state index contributed by atoms with van der Waals surface area (Å²) in [5.41, 5.74) is 0.610. The van der Waals surface area contributed by atoms with E-state index in [1.165, 1.54) is 4.90 Å². The van der Waals surface area contributed by atoms with Crippen molar-refractivity contribution < 1.29 is 9.59 Å². The quantitative estimate of drug-likeness (QED) is 0.920. The normalized spacial score (nSPS) is 14.1. The minimum absolute atomic E-state index is 0. The van der Waals surface area contributed by atoms with Crippen molar-refractivity contribution in [2.24, 2.45) is 0 Å². The molecule has 6 heteroatoms. The lowest BCUT2D eigenvalue weighted by molar-refractivity contribution is -0.132. The smallest absolute Gasteiger partial charge is 0.254 e. The minimum Gasteiger partial charge on any atom is -0.339 e. The van der Waals surface area contributed by atoms with Crippen molar-refractivity contribution in [3.8, 4) is 0 Å². The standard InChI is InChI=1S/C18H21N3O2.ClH/c1-20(13-17(22)21-10-8-19-9-11-21)18(23)16-7-6-14-4-2-3-5-15(14)12-16;/h2-7,12,19H,8-11,13H2,1H3;1H. The van der Waals surface area contributed by atoms with Crippen molar-refractivity contribution in [3.05, 3.63) is 48.0 Å². The largest absolute Gasteiger partial charge is 0.339 e. The molecule has 2 amide bonds. The molecule has 0 saturated carbocycles. The maximum absolute atomic E-state index is 12.5. The van der Waals surface area contributed by atoms with Crippen LogP contribution in [-0.2, 0) is 4.79 Å². The highest BCUT2D eigenvalue weighted by Gasteiger charge is 2.20. The molecule has 1 aliphatic heterocycles. The second kappa shape index (κ2) is 8.13. The first kappa shape index (κ1) is 18.2. The number of halogens is 1. The first-order valence-corrected chi connectivity index (χ1v) is 7.88. The molecular formula is C18H22ClN3O2. The van der Waals surface area contributed by atoms with E-state index < -0.39 is 0 Å². The topological polar surface area (TPSA) is 52.7 Å². The zero-order valence-corrected chi connectivity index (χ0v) is 14.5. The predicted molar refractivity (Wildman–Crippen MR) is 97.6 cm³/mol. The molecule has 128 valence electrons. The van der Waals surface area contributed by atoms with E-state index in [9.17, 15) is 9.59 Å². The van der Waals surface area contributed by atoms with E-state index in [0.717, 1.165) is 23.9 Å². The second-order valence-electron chi connectivity index (χ2n) is 5.85. The first-order valence-electron chi connectivity index (χ1n) is 7.88. The molecule has 3 rings (SSSR count). The Balaban J connectivity index is 0.00000208. The molecule has 1 fully saturated rings. The van der Waals surface area contributed by atoms with Crippen molar-refractivity contribution in [2.45, 2.75) is 0 Å². The van der Waals surface area contributed by atoms with Crippen LogP contribution in [0.4, 0.5) is 0 Å². The highest BCUT2D eigenvalue weighted by Crippen LogP contribution is 2.16. The lowest BCUT2D eigenvalue weighted by Crippen LogP contribution is -2.49. The predicted octanol–water partition coefficient (Wildman–Crippen LogP) is 1.77. The van der Waals surface area contributed by atoms with Gasteiger partial charge in [0.1, 0.15) is 0 Å². The fraction of sp³-hybridized carbons (Fsp3) is 0.333.